The van der Waals surface area contributed by atoms with Crippen molar-refractivity contribution in [3.8, 4) is 12.1 Å². The van der Waals surface area contributed by atoms with Gasteiger partial charge in [-0.05, 0) is 31.4 Å². The van der Waals surface area contributed by atoms with Gasteiger partial charge in [-0.3, -0.25) is 14.9 Å². The molecular formula is C13H10N4O3. The van der Waals surface area contributed by atoms with Crippen LogP contribution < -0.4 is 5.32 Å². The molecule has 0 atom stereocenters. The van der Waals surface area contributed by atoms with Crippen LogP contribution >= 0.6 is 0 Å². The van der Waals surface area contributed by atoms with Gasteiger partial charge in [-0.2, -0.15) is 10.5 Å². The van der Waals surface area contributed by atoms with Gasteiger partial charge in [0.05, 0.1) is 22.6 Å². The Kier molecular flexibility index (Phi) is 3.36. The highest BCUT2D eigenvalue weighted by Crippen LogP contribution is 2.41. The van der Waals surface area contributed by atoms with Crippen LogP contribution in [0.1, 0.15) is 24.8 Å². The van der Waals surface area contributed by atoms with Crippen molar-refractivity contribution in [1.29, 1.82) is 10.5 Å². The van der Waals surface area contributed by atoms with Gasteiger partial charge in [0.15, 0.2) is 0 Å². The van der Waals surface area contributed by atoms with E-state index in [0.29, 0.717) is 12.8 Å². The summed E-state index contributed by atoms with van der Waals surface area (Å²) in [5.74, 6) is -0.529. The summed E-state index contributed by atoms with van der Waals surface area (Å²) < 4.78 is 0. The van der Waals surface area contributed by atoms with Gasteiger partial charge in [-0.25, -0.2) is 0 Å². The van der Waals surface area contributed by atoms with Gasteiger partial charge in [0.25, 0.3) is 5.69 Å². The Morgan fingerprint density at radius 3 is 2.55 bits per heavy atom. The Bertz CT molecular complexity index is 665. The number of carbonyl (C=O) groups excluding carboxylic acids is 1. The summed E-state index contributed by atoms with van der Waals surface area (Å²) in [4.78, 5) is 22.3. The zero-order chi connectivity index (χ0) is 14.8. The Morgan fingerprint density at radius 2 is 2.10 bits per heavy atom. The van der Waals surface area contributed by atoms with E-state index in [1.54, 1.807) is 6.07 Å². The highest BCUT2D eigenvalue weighted by Gasteiger charge is 2.45. The van der Waals surface area contributed by atoms with E-state index in [1.165, 1.54) is 12.1 Å². The van der Waals surface area contributed by atoms with E-state index in [4.69, 9.17) is 10.5 Å². The van der Waals surface area contributed by atoms with Crippen LogP contribution in [0, 0.1) is 38.2 Å². The fraction of sp³-hybridized carbons (Fsp3) is 0.308. The van der Waals surface area contributed by atoms with Crippen LogP contribution in [0.4, 0.5) is 11.4 Å². The first-order valence-electron chi connectivity index (χ1n) is 5.94. The third-order valence-corrected chi connectivity index (χ3v) is 3.43. The summed E-state index contributed by atoms with van der Waals surface area (Å²) in [5, 5.41) is 31.2. The largest absolute Gasteiger partial charge is 0.319 e. The number of rotatable bonds is 3. The number of nitriles is 2. The molecule has 0 heterocycles. The fourth-order valence-corrected chi connectivity index (χ4v) is 2.02. The molecule has 0 radical (unpaired) electrons. The summed E-state index contributed by atoms with van der Waals surface area (Å²) in [6.07, 6.45) is 1.70. The van der Waals surface area contributed by atoms with E-state index < -0.39 is 16.2 Å². The van der Waals surface area contributed by atoms with Crippen molar-refractivity contribution in [2.75, 3.05) is 5.32 Å². The fourth-order valence-electron chi connectivity index (χ4n) is 2.02. The van der Waals surface area contributed by atoms with Crippen molar-refractivity contribution in [3.63, 3.8) is 0 Å². The number of nitrogens with one attached hydrogen (secondary N) is 1. The van der Waals surface area contributed by atoms with Gasteiger partial charge in [-0.15, -0.1) is 0 Å². The second-order valence-corrected chi connectivity index (χ2v) is 4.60. The smallest absolute Gasteiger partial charge is 0.294 e. The lowest BCUT2D eigenvalue weighted by Crippen LogP contribution is -2.40. The van der Waals surface area contributed by atoms with Crippen molar-refractivity contribution in [1.82, 2.24) is 0 Å². The van der Waals surface area contributed by atoms with Crippen molar-refractivity contribution in [3.05, 3.63) is 33.9 Å². The van der Waals surface area contributed by atoms with Crippen LogP contribution in [-0.4, -0.2) is 10.8 Å². The Hall–Kier alpha value is -2.93. The first kappa shape index (κ1) is 13.5. The van der Waals surface area contributed by atoms with Crippen molar-refractivity contribution >= 4 is 17.3 Å². The second kappa shape index (κ2) is 4.98. The molecular weight excluding hydrogens is 260 g/mol. The van der Waals surface area contributed by atoms with E-state index in [-0.39, 0.29) is 16.9 Å². The van der Waals surface area contributed by atoms with Crippen LogP contribution in [0.25, 0.3) is 0 Å². The third kappa shape index (κ3) is 2.17. The molecule has 0 unspecified atom stereocenters. The van der Waals surface area contributed by atoms with Crippen molar-refractivity contribution in [2.45, 2.75) is 19.3 Å². The predicted octanol–water partition coefficient (Wildman–Crippen LogP) is 2.10. The van der Waals surface area contributed by atoms with E-state index >= 15 is 0 Å². The minimum atomic E-state index is -1.08. The van der Waals surface area contributed by atoms with Gasteiger partial charge in [-0.1, -0.05) is 0 Å². The summed E-state index contributed by atoms with van der Waals surface area (Å²) >= 11 is 0. The predicted molar refractivity (Wildman–Crippen MR) is 68.3 cm³/mol. The molecule has 0 aliphatic heterocycles. The first-order chi connectivity index (χ1) is 9.52. The Morgan fingerprint density at radius 1 is 1.40 bits per heavy atom. The highest BCUT2D eigenvalue weighted by molar-refractivity contribution is 5.99. The molecule has 100 valence electrons. The number of nitrogens with zero attached hydrogens (tertiary/aromatic N) is 3. The zero-order valence-electron chi connectivity index (χ0n) is 10.4. The van der Waals surface area contributed by atoms with Gasteiger partial charge in [0, 0.05) is 6.07 Å². The third-order valence-electron chi connectivity index (χ3n) is 3.43. The molecule has 1 aliphatic carbocycles. The summed E-state index contributed by atoms with van der Waals surface area (Å²) in [6.45, 7) is 0. The molecule has 1 amide bonds. The number of amides is 1. The van der Waals surface area contributed by atoms with Crippen LogP contribution in [0.5, 0.6) is 0 Å². The maximum atomic E-state index is 12.1. The molecule has 1 fully saturated rings. The number of anilines is 1. The molecule has 0 bridgehead atoms. The van der Waals surface area contributed by atoms with Crippen LogP contribution in [-0.2, 0) is 4.79 Å². The highest BCUT2D eigenvalue weighted by atomic mass is 16.6. The molecule has 0 aromatic heterocycles. The summed E-state index contributed by atoms with van der Waals surface area (Å²) in [6, 6.07) is 7.54. The SMILES string of the molecule is N#Cc1ccc(NC(=O)C2(C#N)CCC2)c([N+](=O)[O-])c1. The molecule has 0 spiro atoms. The topological polar surface area (TPSA) is 120 Å². The maximum absolute atomic E-state index is 12.1. The molecule has 0 saturated heterocycles. The average Bonchev–Trinajstić information content (AvgIpc) is 2.38. The molecule has 1 N–H and O–H groups in total. The van der Waals surface area contributed by atoms with Gasteiger partial charge in [0.1, 0.15) is 11.1 Å². The van der Waals surface area contributed by atoms with E-state index in [0.717, 1.165) is 12.5 Å². The molecule has 7 heteroatoms. The monoisotopic (exact) mass is 270 g/mol. The van der Waals surface area contributed by atoms with Crippen LogP contribution in [0.2, 0.25) is 0 Å². The number of nitro groups is 1. The number of carbonyl (C=O) groups is 1. The average molecular weight is 270 g/mol. The molecule has 1 aliphatic rings. The normalized spacial score (nSPS) is 15.3. The Labute approximate surface area is 114 Å². The van der Waals surface area contributed by atoms with Gasteiger partial charge < -0.3 is 5.32 Å². The summed E-state index contributed by atoms with van der Waals surface area (Å²) in [5.41, 5.74) is -1.31. The number of benzene rings is 1. The van der Waals surface area contributed by atoms with Crippen LogP contribution in [0.3, 0.4) is 0 Å². The number of hydrogen-bond acceptors (Lipinski definition) is 5. The van der Waals surface area contributed by atoms with Gasteiger partial charge >= 0.3 is 0 Å². The molecule has 1 aromatic carbocycles. The summed E-state index contributed by atoms with van der Waals surface area (Å²) in [7, 11) is 0. The standard InChI is InChI=1S/C13H10N4O3/c14-7-9-2-3-10(11(6-9)17(19)20)16-12(18)13(8-15)4-1-5-13/h2-3,6H,1,4-5H2,(H,16,18). The first-order valence-corrected chi connectivity index (χ1v) is 5.94. The molecule has 2 rings (SSSR count). The minimum Gasteiger partial charge on any atom is -0.319 e. The molecule has 20 heavy (non-hydrogen) atoms. The second-order valence-electron chi connectivity index (χ2n) is 4.60. The molecule has 7 nitrogen and oxygen atoms in total. The number of hydrogen-bond donors (Lipinski definition) is 1. The number of nitro benzene ring substituents is 1. The maximum Gasteiger partial charge on any atom is 0.294 e. The Balaban J connectivity index is 2.30. The van der Waals surface area contributed by atoms with Crippen LogP contribution in [0.15, 0.2) is 18.2 Å². The van der Waals surface area contributed by atoms with Crippen molar-refractivity contribution in [2.24, 2.45) is 5.41 Å². The van der Waals surface area contributed by atoms with Crippen molar-refractivity contribution < 1.29 is 9.72 Å². The lowest BCUT2D eigenvalue weighted by atomic mass is 9.69. The quantitative estimate of drug-likeness (QED) is 0.666. The molecule has 1 aromatic rings. The molecule has 1 saturated carbocycles. The van der Waals surface area contributed by atoms with E-state index in [1.807, 2.05) is 6.07 Å². The van der Waals surface area contributed by atoms with Gasteiger partial charge in [0.2, 0.25) is 5.91 Å². The van der Waals surface area contributed by atoms with E-state index in [2.05, 4.69) is 5.32 Å². The minimum absolute atomic E-state index is 0.000486. The lowest BCUT2D eigenvalue weighted by Gasteiger charge is -2.33. The zero-order valence-corrected chi connectivity index (χ0v) is 10.4. The lowest BCUT2D eigenvalue weighted by molar-refractivity contribution is -0.384. The van der Waals surface area contributed by atoms with E-state index in [9.17, 15) is 14.9 Å².